The van der Waals surface area contributed by atoms with E-state index in [0.717, 1.165) is 0 Å². The second kappa shape index (κ2) is 39.0. The summed E-state index contributed by atoms with van der Waals surface area (Å²) in [5.74, 6) is -9.20. The summed E-state index contributed by atoms with van der Waals surface area (Å²) >= 11 is 8.32. The number of nitrogens with one attached hydrogen (secondary N) is 9. The Bertz CT molecular complexity index is 1930. The third kappa shape index (κ3) is 28.6. The van der Waals surface area contributed by atoms with E-state index in [1.165, 1.54) is 6.92 Å². The summed E-state index contributed by atoms with van der Waals surface area (Å²) in [7, 11) is 0. The number of hydrogen-bond donors (Lipinski definition) is 18. The van der Waals surface area contributed by atoms with Crippen molar-refractivity contribution in [1.29, 1.82) is 0 Å². The Morgan fingerprint density at radius 1 is 0.468 bits per heavy atom. The van der Waals surface area contributed by atoms with E-state index in [1.54, 1.807) is 27.7 Å². The minimum atomic E-state index is -1.65. The van der Waals surface area contributed by atoms with Crippen LogP contribution < -0.4 is 82.3 Å². The molecule has 0 saturated carbocycles. The second-order valence-corrected chi connectivity index (χ2v) is 20.6. The van der Waals surface area contributed by atoms with Crippen LogP contribution in [0.2, 0.25) is 0 Å². The number of amides is 10. The van der Waals surface area contributed by atoms with Crippen molar-refractivity contribution >= 4 is 90.3 Å². The molecule has 0 unspecified atom stereocenters. The fourth-order valence-electron chi connectivity index (χ4n) is 7.58. The van der Waals surface area contributed by atoms with Gasteiger partial charge in [-0.15, -0.1) is 0 Å². The molecule has 0 aromatic carbocycles. The smallest absolute Gasteiger partial charge is 0.245 e. The molecule has 11 atom stereocenters. The largest absolute Gasteiger partial charge is 0.391 e. The molecule has 0 aliphatic rings. The van der Waals surface area contributed by atoms with Gasteiger partial charge in [0.2, 0.25) is 59.1 Å². The molecule has 0 aliphatic heterocycles. The maximum Gasteiger partial charge on any atom is 0.245 e. The molecular formula is C48H92N16O11S2. The van der Waals surface area contributed by atoms with Crippen LogP contribution in [0.15, 0.2) is 4.99 Å². The highest BCUT2D eigenvalue weighted by molar-refractivity contribution is 7.80. The first kappa shape index (κ1) is 71.5. The Morgan fingerprint density at radius 3 is 1.23 bits per heavy atom. The number of aliphatic hydroxyl groups excluding tert-OH is 1. The van der Waals surface area contributed by atoms with Gasteiger partial charge in [0, 0.05) is 18.1 Å². The number of rotatable bonds is 40. The molecule has 0 bridgehead atoms. The molecule has 22 N–H and O–H groups in total. The van der Waals surface area contributed by atoms with Crippen LogP contribution in [0.5, 0.6) is 0 Å². The van der Waals surface area contributed by atoms with Crippen LogP contribution >= 0.6 is 25.3 Å². The van der Waals surface area contributed by atoms with Gasteiger partial charge in [-0.2, -0.15) is 25.3 Å². The second-order valence-electron chi connectivity index (χ2n) is 19.8. The zero-order chi connectivity index (χ0) is 58.9. The first-order valence-electron chi connectivity index (χ1n) is 26.3. The highest BCUT2D eigenvalue weighted by Crippen LogP contribution is 2.14. The third-order valence-corrected chi connectivity index (χ3v) is 12.9. The number of thiol groups is 2. The molecule has 0 radical (unpaired) electrons. The number of nitrogens with two attached hydrogens (primary N) is 6. The molecule has 442 valence electrons. The monoisotopic (exact) mass is 1130 g/mol. The summed E-state index contributed by atoms with van der Waals surface area (Å²) in [6, 6.07) is -11.6. The predicted octanol–water partition coefficient (Wildman–Crippen LogP) is -4.52. The van der Waals surface area contributed by atoms with E-state index >= 15 is 0 Å². The minimum absolute atomic E-state index is 0.00256. The van der Waals surface area contributed by atoms with E-state index in [1.807, 2.05) is 13.8 Å². The van der Waals surface area contributed by atoms with Crippen molar-refractivity contribution in [2.24, 2.45) is 57.1 Å². The van der Waals surface area contributed by atoms with Gasteiger partial charge in [0.25, 0.3) is 0 Å². The van der Waals surface area contributed by atoms with Crippen molar-refractivity contribution in [3.05, 3.63) is 0 Å². The molecule has 0 aliphatic carbocycles. The van der Waals surface area contributed by atoms with Gasteiger partial charge < -0.3 is 87.4 Å². The van der Waals surface area contributed by atoms with Crippen LogP contribution in [-0.2, 0) is 47.9 Å². The molecule has 0 saturated heterocycles. The van der Waals surface area contributed by atoms with Gasteiger partial charge in [-0.3, -0.25) is 52.9 Å². The number of carbonyl (C=O) groups is 10. The van der Waals surface area contributed by atoms with E-state index in [-0.39, 0.29) is 94.0 Å². The van der Waals surface area contributed by atoms with Gasteiger partial charge >= 0.3 is 0 Å². The molecule has 29 heteroatoms. The van der Waals surface area contributed by atoms with Crippen LogP contribution in [0.3, 0.4) is 0 Å². The minimum Gasteiger partial charge on any atom is -0.391 e. The highest BCUT2D eigenvalue weighted by Gasteiger charge is 2.37. The topological polar surface area (TPSA) is 468 Å². The molecule has 77 heavy (non-hydrogen) atoms. The van der Waals surface area contributed by atoms with Gasteiger partial charge in [-0.1, -0.05) is 48.0 Å². The molecule has 0 fully saturated rings. The molecule has 0 heterocycles. The zero-order valence-corrected chi connectivity index (χ0v) is 47.7. The van der Waals surface area contributed by atoms with Crippen molar-refractivity contribution in [3.63, 3.8) is 0 Å². The van der Waals surface area contributed by atoms with E-state index < -0.39 is 125 Å². The first-order chi connectivity index (χ1) is 36.2. The molecule has 0 aromatic rings. The van der Waals surface area contributed by atoms with Gasteiger partial charge in [-0.05, 0) is 102 Å². The third-order valence-electron chi connectivity index (χ3n) is 12.1. The predicted molar refractivity (Wildman–Crippen MR) is 299 cm³/mol. The Morgan fingerprint density at radius 2 is 0.831 bits per heavy atom. The Labute approximate surface area is 463 Å². The molecule has 10 amide bonds. The molecule has 0 spiro atoms. The average molecular weight is 1130 g/mol. The summed E-state index contributed by atoms with van der Waals surface area (Å²) in [6.45, 7) is 12.1. The number of unbranched alkanes of at least 4 members (excludes halogenated alkanes) is 2. The van der Waals surface area contributed by atoms with Crippen molar-refractivity contribution in [2.75, 3.05) is 37.7 Å². The average Bonchev–Trinajstić information content (AvgIpc) is 3.36. The number of hydrogen-bond acceptors (Lipinski definition) is 17. The summed E-state index contributed by atoms with van der Waals surface area (Å²) in [4.78, 5) is 139. The van der Waals surface area contributed by atoms with Crippen molar-refractivity contribution in [1.82, 2.24) is 47.9 Å². The number of guanidine groups is 1. The van der Waals surface area contributed by atoms with Gasteiger partial charge in [0.15, 0.2) is 5.96 Å². The van der Waals surface area contributed by atoms with Crippen LogP contribution in [0.25, 0.3) is 0 Å². The molecular weight excluding hydrogens is 1040 g/mol. The lowest BCUT2D eigenvalue weighted by molar-refractivity contribution is -0.137. The van der Waals surface area contributed by atoms with Crippen LogP contribution in [0.4, 0.5) is 0 Å². The van der Waals surface area contributed by atoms with Gasteiger partial charge in [0.05, 0.1) is 12.6 Å². The standard InChI is InChI=1S/C48H92N16O11S2/c1-8-27(6)37(46(74)59-30(15-10-12-18-50)42(70)64-38(28(7)65)47(75)60-33(21-26(4)5)44(72)61-34(23-76)39(52)67)63-41(69)31(16-13-19-55-48(53)54)57-40(68)29(14-9-11-17-49)58-45(73)35(24-77)62-43(71)32(20-25(2)3)56-36(66)22-51/h25-35,37-38,65,76-77H,8-24,49-51H2,1-7H3,(H2,52,67)(H,56,66)(H,57,68)(H,58,73)(H,59,74)(H,60,75)(H,61,72)(H,62,71)(H,63,69)(H,64,70)(H4,53,54,55)/t27-,28+,29-,30-,31-,32-,33-,34-,35-,37-,38-/m0/s1. The number of nitrogens with zero attached hydrogens (tertiary/aromatic N) is 1. The highest BCUT2D eigenvalue weighted by atomic mass is 32.1. The SMILES string of the molecule is CC[C@H](C)[C@H](NC(=O)[C@H](CCCN=C(N)N)NC(=O)[C@H](CCCCN)NC(=O)[C@H](CS)NC(=O)[C@H](CC(C)C)NC(=O)CN)C(=O)N[C@@H](CCCCN)C(=O)N[C@H](C(=O)N[C@@H](CC(C)C)C(=O)N[C@@H](CS)C(N)=O)[C@@H](C)O. The Hall–Kier alpha value is -5.49. The van der Waals surface area contributed by atoms with Crippen LogP contribution in [-0.4, -0.2) is 168 Å². The first-order valence-corrected chi connectivity index (χ1v) is 27.5. The number of carbonyl (C=O) groups excluding carboxylic acids is 10. The maximum absolute atomic E-state index is 14.4. The number of primary amides is 1. The lowest BCUT2D eigenvalue weighted by Gasteiger charge is -2.30. The van der Waals surface area contributed by atoms with E-state index in [9.17, 15) is 53.1 Å². The van der Waals surface area contributed by atoms with Gasteiger partial charge in [-0.25, -0.2) is 0 Å². The Balaban J connectivity index is 6.88. The summed E-state index contributed by atoms with van der Waals surface area (Å²) < 4.78 is 0. The number of aliphatic hydroxyl groups is 1. The summed E-state index contributed by atoms with van der Waals surface area (Å²) in [5, 5.41) is 34.2. The lowest BCUT2D eigenvalue weighted by Crippen LogP contribution is -2.62. The Kier molecular flexibility index (Phi) is 36.2. The van der Waals surface area contributed by atoms with Crippen LogP contribution in [0, 0.1) is 17.8 Å². The molecule has 0 rings (SSSR count). The fourth-order valence-corrected chi connectivity index (χ4v) is 8.11. The van der Waals surface area contributed by atoms with Crippen molar-refractivity contribution in [2.45, 2.75) is 180 Å². The summed E-state index contributed by atoms with van der Waals surface area (Å²) in [6.07, 6.45) is 0.864. The number of aliphatic imine (C=N–C) groups is 1. The maximum atomic E-state index is 14.4. The zero-order valence-electron chi connectivity index (χ0n) is 45.9. The van der Waals surface area contributed by atoms with Crippen LogP contribution in [0.1, 0.15) is 119 Å². The normalized spacial score (nSPS) is 15.5. The fraction of sp³-hybridized carbons (Fsp3) is 0.771. The molecule has 0 aromatic heterocycles. The lowest BCUT2D eigenvalue weighted by atomic mass is 9.96. The van der Waals surface area contributed by atoms with Crippen molar-refractivity contribution in [3.8, 4) is 0 Å². The van der Waals surface area contributed by atoms with E-state index in [2.05, 4.69) is 78.1 Å². The van der Waals surface area contributed by atoms with Crippen molar-refractivity contribution < 1.29 is 53.1 Å². The quantitative estimate of drug-likeness (QED) is 0.0119. The van der Waals surface area contributed by atoms with E-state index in [0.29, 0.717) is 32.1 Å². The van der Waals surface area contributed by atoms with Gasteiger partial charge in [0.1, 0.15) is 54.4 Å². The van der Waals surface area contributed by atoms with E-state index in [4.69, 9.17) is 34.4 Å². The molecule has 27 nitrogen and oxygen atoms in total. The summed E-state index contributed by atoms with van der Waals surface area (Å²) in [5.41, 5.74) is 33.4.